The van der Waals surface area contributed by atoms with Gasteiger partial charge in [-0.2, -0.15) is 10.1 Å². The Labute approximate surface area is 178 Å². The molecule has 4 aromatic rings. The molecule has 0 unspecified atom stereocenters. The third kappa shape index (κ3) is 4.16. The number of fused-ring (bicyclic) bond motifs is 1. The van der Waals surface area contributed by atoms with Crippen molar-refractivity contribution >= 4 is 38.8 Å². The number of thiazole rings is 1. The lowest BCUT2D eigenvalue weighted by Crippen LogP contribution is -2.25. The number of methoxy groups -OCH3 is 2. The third-order valence-electron chi connectivity index (χ3n) is 4.40. The fourth-order valence-corrected chi connectivity index (χ4v) is 3.79. The molecule has 0 bridgehead atoms. The Morgan fingerprint density at radius 1 is 0.967 bits per heavy atom. The second-order valence-electron chi connectivity index (χ2n) is 6.33. The Morgan fingerprint density at radius 3 is 2.50 bits per heavy atom. The predicted octanol–water partition coefficient (Wildman–Crippen LogP) is 4.99. The number of anilines is 1. The van der Waals surface area contributed by atoms with Crippen molar-refractivity contribution in [3.63, 3.8) is 0 Å². The van der Waals surface area contributed by atoms with Gasteiger partial charge in [0.25, 0.3) is 5.91 Å². The van der Waals surface area contributed by atoms with Crippen LogP contribution in [0.3, 0.4) is 0 Å². The molecule has 0 saturated heterocycles. The zero-order valence-electron chi connectivity index (χ0n) is 16.5. The van der Waals surface area contributed by atoms with Crippen LogP contribution in [0.25, 0.3) is 10.2 Å². The molecular weight excluding hydrogens is 398 g/mol. The van der Waals surface area contributed by atoms with E-state index in [1.165, 1.54) is 16.3 Å². The van der Waals surface area contributed by atoms with E-state index in [2.05, 4.69) is 10.1 Å². The molecule has 4 rings (SSSR count). The molecule has 150 valence electrons. The van der Waals surface area contributed by atoms with Gasteiger partial charge in [-0.15, -0.1) is 0 Å². The van der Waals surface area contributed by atoms with Gasteiger partial charge in [0.15, 0.2) is 0 Å². The van der Waals surface area contributed by atoms with Crippen LogP contribution < -0.4 is 14.5 Å². The summed E-state index contributed by atoms with van der Waals surface area (Å²) in [5.41, 5.74) is 2.11. The molecule has 3 aromatic carbocycles. The first-order chi connectivity index (χ1) is 14.7. The maximum Gasteiger partial charge on any atom is 0.280 e. The summed E-state index contributed by atoms with van der Waals surface area (Å²) in [5, 5.41) is 6.26. The van der Waals surface area contributed by atoms with Crippen molar-refractivity contribution in [3.05, 3.63) is 83.9 Å². The van der Waals surface area contributed by atoms with Crippen molar-refractivity contribution in [2.45, 2.75) is 0 Å². The first-order valence-electron chi connectivity index (χ1n) is 9.20. The zero-order chi connectivity index (χ0) is 20.9. The molecular formula is C23H19N3O3S. The Bertz CT molecular complexity index is 1200. The summed E-state index contributed by atoms with van der Waals surface area (Å²) in [7, 11) is 3.18. The summed E-state index contributed by atoms with van der Waals surface area (Å²) in [6, 6.07) is 22.2. The third-order valence-corrected chi connectivity index (χ3v) is 5.39. The van der Waals surface area contributed by atoms with E-state index in [4.69, 9.17) is 9.47 Å². The average molecular weight is 417 g/mol. The summed E-state index contributed by atoms with van der Waals surface area (Å²) in [6.07, 6.45) is 1.64. The Kier molecular flexibility index (Phi) is 5.72. The van der Waals surface area contributed by atoms with Crippen molar-refractivity contribution in [2.24, 2.45) is 5.10 Å². The molecule has 1 heterocycles. The number of carbonyl (C=O) groups is 1. The van der Waals surface area contributed by atoms with Gasteiger partial charge in [-0.05, 0) is 42.0 Å². The predicted molar refractivity (Wildman–Crippen MR) is 120 cm³/mol. The molecule has 0 fully saturated rings. The van der Waals surface area contributed by atoms with Gasteiger partial charge in [0.2, 0.25) is 5.13 Å². The number of hydrogen-bond acceptors (Lipinski definition) is 6. The molecule has 0 aliphatic carbocycles. The van der Waals surface area contributed by atoms with E-state index in [0.717, 1.165) is 21.5 Å². The smallest absolute Gasteiger partial charge is 0.280 e. The minimum Gasteiger partial charge on any atom is -0.497 e. The lowest BCUT2D eigenvalue weighted by atomic mass is 10.2. The number of hydrogen-bond donors (Lipinski definition) is 0. The number of hydrazone groups is 1. The van der Waals surface area contributed by atoms with Gasteiger partial charge in [-0.3, -0.25) is 4.79 Å². The van der Waals surface area contributed by atoms with E-state index in [1.54, 1.807) is 44.7 Å². The lowest BCUT2D eigenvalue weighted by Gasteiger charge is -2.14. The molecule has 0 radical (unpaired) electrons. The van der Waals surface area contributed by atoms with E-state index < -0.39 is 0 Å². The number of nitrogens with zero attached hydrogens (tertiary/aromatic N) is 3. The standard InChI is InChI=1S/C23H19N3O3S/c1-28-18-10-6-9-17(13-18)22(27)26(24-15-16-7-4-3-5-8-16)23-25-20-12-11-19(29-2)14-21(20)30-23/h3-15H,1-2H3/b24-15+. The van der Waals surface area contributed by atoms with E-state index in [1.807, 2.05) is 48.5 Å². The van der Waals surface area contributed by atoms with Gasteiger partial charge in [-0.25, -0.2) is 4.98 Å². The first kappa shape index (κ1) is 19.6. The molecule has 0 N–H and O–H groups in total. The minimum atomic E-state index is -0.299. The summed E-state index contributed by atoms with van der Waals surface area (Å²) in [5.74, 6) is 1.03. The number of benzene rings is 3. The van der Waals surface area contributed by atoms with E-state index in [9.17, 15) is 4.79 Å². The highest BCUT2D eigenvalue weighted by Crippen LogP contribution is 2.32. The lowest BCUT2D eigenvalue weighted by molar-refractivity contribution is 0.0987. The molecule has 1 aromatic heterocycles. The van der Waals surface area contributed by atoms with Crippen LogP contribution in [0.15, 0.2) is 77.9 Å². The molecule has 0 atom stereocenters. The number of rotatable bonds is 6. The second-order valence-corrected chi connectivity index (χ2v) is 7.34. The van der Waals surface area contributed by atoms with E-state index in [0.29, 0.717) is 16.4 Å². The minimum absolute atomic E-state index is 0.299. The van der Waals surface area contributed by atoms with Gasteiger partial charge >= 0.3 is 0 Å². The molecule has 6 nitrogen and oxygen atoms in total. The van der Waals surface area contributed by atoms with Crippen LogP contribution in [-0.4, -0.2) is 31.3 Å². The molecule has 30 heavy (non-hydrogen) atoms. The first-order valence-corrected chi connectivity index (χ1v) is 10.0. The Morgan fingerprint density at radius 2 is 1.73 bits per heavy atom. The van der Waals surface area contributed by atoms with Gasteiger partial charge in [0.1, 0.15) is 11.5 Å². The summed E-state index contributed by atoms with van der Waals surface area (Å²) in [4.78, 5) is 17.9. The van der Waals surface area contributed by atoms with Gasteiger partial charge in [0.05, 0.1) is 30.7 Å². The molecule has 0 spiro atoms. The Balaban J connectivity index is 1.76. The maximum atomic E-state index is 13.3. The highest BCUT2D eigenvalue weighted by atomic mass is 32.1. The van der Waals surface area contributed by atoms with Crippen LogP contribution in [0, 0.1) is 0 Å². The fourth-order valence-electron chi connectivity index (χ4n) is 2.84. The summed E-state index contributed by atoms with van der Waals surface area (Å²) >= 11 is 1.37. The van der Waals surface area contributed by atoms with Crippen LogP contribution in [0.5, 0.6) is 11.5 Å². The van der Waals surface area contributed by atoms with Crippen molar-refractivity contribution in [1.29, 1.82) is 0 Å². The molecule has 0 saturated carbocycles. The average Bonchev–Trinajstić information content (AvgIpc) is 3.22. The van der Waals surface area contributed by atoms with Crippen LogP contribution >= 0.6 is 11.3 Å². The van der Waals surface area contributed by atoms with Crippen LogP contribution in [0.4, 0.5) is 5.13 Å². The zero-order valence-corrected chi connectivity index (χ0v) is 17.3. The molecule has 7 heteroatoms. The largest absolute Gasteiger partial charge is 0.497 e. The SMILES string of the molecule is COc1cccc(C(=O)N(/N=C/c2ccccc2)c2nc3ccc(OC)cc3s2)c1. The van der Waals surface area contributed by atoms with Crippen LogP contribution in [0.1, 0.15) is 15.9 Å². The van der Waals surface area contributed by atoms with E-state index >= 15 is 0 Å². The molecule has 1 amide bonds. The number of amides is 1. The molecule has 0 aliphatic rings. The second kappa shape index (κ2) is 8.75. The van der Waals surface area contributed by atoms with Crippen molar-refractivity contribution in [3.8, 4) is 11.5 Å². The normalized spacial score (nSPS) is 11.0. The highest BCUT2D eigenvalue weighted by molar-refractivity contribution is 7.22. The summed E-state index contributed by atoms with van der Waals surface area (Å²) in [6.45, 7) is 0. The highest BCUT2D eigenvalue weighted by Gasteiger charge is 2.21. The van der Waals surface area contributed by atoms with Gasteiger partial charge in [-0.1, -0.05) is 47.7 Å². The van der Waals surface area contributed by atoms with Crippen molar-refractivity contribution in [2.75, 3.05) is 19.2 Å². The van der Waals surface area contributed by atoms with Crippen molar-refractivity contribution < 1.29 is 14.3 Å². The quantitative estimate of drug-likeness (QED) is 0.327. The maximum absolute atomic E-state index is 13.3. The van der Waals surface area contributed by atoms with Crippen LogP contribution in [-0.2, 0) is 0 Å². The Hall–Kier alpha value is -3.71. The van der Waals surface area contributed by atoms with Gasteiger partial charge in [0, 0.05) is 5.56 Å². The number of carbonyl (C=O) groups excluding carboxylic acids is 1. The molecule has 0 aliphatic heterocycles. The number of aromatic nitrogens is 1. The topological polar surface area (TPSA) is 64.0 Å². The van der Waals surface area contributed by atoms with Gasteiger partial charge < -0.3 is 9.47 Å². The van der Waals surface area contributed by atoms with E-state index in [-0.39, 0.29) is 5.91 Å². The monoisotopic (exact) mass is 417 g/mol. The number of ether oxygens (including phenoxy) is 2. The van der Waals surface area contributed by atoms with Crippen LogP contribution in [0.2, 0.25) is 0 Å². The van der Waals surface area contributed by atoms with Crippen molar-refractivity contribution in [1.82, 2.24) is 4.98 Å². The fraction of sp³-hybridized carbons (Fsp3) is 0.0870. The summed E-state index contributed by atoms with van der Waals surface area (Å²) < 4.78 is 11.5.